The van der Waals surface area contributed by atoms with Crippen molar-refractivity contribution in [3.8, 4) is 0 Å². The molecule has 2 aromatic rings. The third kappa shape index (κ3) is 2.32. The first-order valence-electron chi connectivity index (χ1n) is 5.58. The van der Waals surface area contributed by atoms with E-state index in [4.69, 9.17) is 5.11 Å². The van der Waals surface area contributed by atoms with Crippen LogP contribution in [0.2, 0.25) is 0 Å². The maximum absolute atomic E-state index is 10.9. The lowest BCUT2D eigenvalue weighted by Gasteiger charge is -2.19. The second kappa shape index (κ2) is 4.87. The van der Waals surface area contributed by atoms with Crippen molar-refractivity contribution >= 4 is 17.5 Å². The molecule has 0 aliphatic heterocycles. The van der Waals surface area contributed by atoms with Crippen LogP contribution < -0.4 is 4.90 Å². The molecule has 0 aliphatic rings. The van der Waals surface area contributed by atoms with Gasteiger partial charge in [0.15, 0.2) is 0 Å². The summed E-state index contributed by atoms with van der Waals surface area (Å²) < 4.78 is 0. The summed E-state index contributed by atoms with van der Waals surface area (Å²) in [7, 11) is 1.90. The van der Waals surface area contributed by atoms with E-state index < -0.39 is 5.97 Å². The van der Waals surface area contributed by atoms with Crippen molar-refractivity contribution in [3.05, 3.63) is 53.7 Å². The summed E-state index contributed by atoms with van der Waals surface area (Å²) in [6.07, 6.45) is 1.73. The summed E-state index contributed by atoms with van der Waals surface area (Å²) in [5.41, 5.74) is 1.98. The van der Waals surface area contributed by atoms with Gasteiger partial charge in [0.2, 0.25) is 0 Å². The van der Waals surface area contributed by atoms with Gasteiger partial charge in [0, 0.05) is 18.9 Å². The first kappa shape index (κ1) is 12.1. The molecule has 0 atom stereocenters. The zero-order valence-electron chi connectivity index (χ0n) is 10.3. The van der Waals surface area contributed by atoms with E-state index in [1.165, 1.54) is 0 Å². The summed E-state index contributed by atoms with van der Waals surface area (Å²) in [5, 5.41) is 8.99. The third-order valence-electron chi connectivity index (χ3n) is 2.82. The monoisotopic (exact) mass is 242 g/mol. The minimum atomic E-state index is -0.903. The standard InChI is InChI=1S/C14H14N2O2/c1-10-9-11(6-7-12(10)14(17)18)16(2)13-5-3-4-8-15-13/h3-9H,1-2H3,(H,17,18). The number of carbonyl (C=O) groups is 1. The molecule has 92 valence electrons. The van der Waals surface area contributed by atoms with E-state index in [0.29, 0.717) is 5.56 Å². The van der Waals surface area contributed by atoms with Crippen LogP contribution in [0.15, 0.2) is 42.6 Å². The molecule has 0 amide bonds. The van der Waals surface area contributed by atoms with Crippen LogP contribution in [-0.4, -0.2) is 23.1 Å². The van der Waals surface area contributed by atoms with Gasteiger partial charge in [0.05, 0.1) is 5.56 Å². The number of aromatic nitrogens is 1. The number of aromatic carboxylic acids is 1. The van der Waals surface area contributed by atoms with E-state index >= 15 is 0 Å². The van der Waals surface area contributed by atoms with Crippen LogP contribution in [0.1, 0.15) is 15.9 Å². The first-order valence-corrected chi connectivity index (χ1v) is 5.58. The Morgan fingerprint density at radius 1 is 1.28 bits per heavy atom. The Hall–Kier alpha value is -2.36. The van der Waals surface area contributed by atoms with E-state index in [1.54, 1.807) is 25.3 Å². The Morgan fingerprint density at radius 2 is 2.06 bits per heavy atom. The van der Waals surface area contributed by atoms with Crippen LogP contribution >= 0.6 is 0 Å². The zero-order valence-corrected chi connectivity index (χ0v) is 10.3. The SMILES string of the molecule is Cc1cc(N(C)c2ccccn2)ccc1C(=O)O. The lowest BCUT2D eigenvalue weighted by atomic mass is 10.1. The van der Waals surface area contributed by atoms with Gasteiger partial charge < -0.3 is 10.0 Å². The van der Waals surface area contributed by atoms with Gasteiger partial charge >= 0.3 is 5.97 Å². The molecule has 18 heavy (non-hydrogen) atoms. The highest BCUT2D eigenvalue weighted by Gasteiger charge is 2.10. The van der Waals surface area contributed by atoms with Gasteiger partial charge in [0.25, 0.3) is 0 Å². The molecule has 4 nitrogen and oxygen atoms in total. The molecule has 0 radical (unpaired) electrons. The predicted molar refractivity (Wildman–Crippen MR) is 70.4 cm³/mol. The molecule has 0 saturated carbocycles. The Morgan fingerprint density at radius 3 is 2.61 bits per heavy atom. The number of hydrogen-bond donors (Lipinski definition) is 1. The molecule has 0 aliphatic carbocycles. The molecular formula is C14H14N2O2. The molecule has 0 spiro atoms. The Bertz CT molecular complexity index is 567. The lowest BCUT2D eigenvalue weighted by molar-refractivity contribution is 0.0696. The molecule has 0 saturated heterocycles. The van der Waals surface area contributed by atoms with Crippen molar-refractivity contribution in [1.29, 1.82) is 0 Å². The van der Waals surface area contributed by atoms with Crippen LogP contribution in [0.3, 0.4) is 0 Å². The normalized spacial score (nSPS) is 10.1. The molecule has 1 heterocycles. The zero-order chi connectivity index (χ0) is 13.1. The maximum atomic E-state index is 10.9. The fourth-order valence-electron chi connectivity index (χ4n) is 1.78. The summed E-state index contributed by atoms with van der Waals surface area (Å²) in [6, 6.07) is 10.9. The van der Waals surface area contributed by atoms with Crippen molar-refractivity contribution in [2.24, 2.45) is 0 Å². The number of aryl methyl sites for hydroxylation is 1. The number of carboxylic acid groups (broad SMARTS) is 1. The number of anilines is 2. The van der Waals surface area contributed by atoms with Crippen molar-refractivity contribution in [2.75, 3.05) is 11.9 Å². The van der Waals surface area contributed by atoms with Gasteiger partial charge in [-0.25, -0.2) is 9.78 Å². The fraction of sp³-hybridized carbons (Fsp3) is 0.143. The van der Waals surface area contributed by atoms with Crippen molar-refractivity contribution in [3.63, 3.8) is 0 Å². The van der Waals surface area contributed by atoms with Gasteiger partial charge in [-0.3, -0.25) is 0 Å². The topological polar surface area (TPSA) is 53.4 Å². The van der Waals surface area contributed by atoms with Gasteiger partial charge in [-0.1, -0.05) is 6.07 Å². The minimum Gasteiger partial charge on any atom is -0.478 e. The smallest absolute Gasteiger partial charge is 0.335 e. The number of hydrogen-bond acceptors (Lipinski definition) is 3. The molecule has 4 heteroatoms. The van der Waals surface area contributed by atoms with E-state index in [2.05, 4.69) is 4.98 Å². The van der Waals surface area contributed by atoms with Crippen LogP contribution in [0.5, 0.6) is 0 Å². The van der Waals surface area contributed by atoms with Crippen molar-refractivity contribution in [2.45, 2.75) is 6.92 Å². The Balaban J connectivity index is 2.35. The molecule has 0 unspecified atom stereocenters. The molecule has 1 aromatic heterocycles. The lowest BCUT2D eigenvalue weighted by Crippen LogP contribution is -2.11. The average molecular weight is 242 g/mol. The Kier molecular flexibility index (Phi) is 3.28. The predicted octanol–water partition coefficient (Wildman–Crippen LogP) is 2.86. The number of nitrogens with zero attached hydrogens (tertiary/aromatic N) is 2. The molecule has 2 rings (SSSR count). The number of rotatable bonds is 3. The number of benzene rings is 1. The first-order chi connectivity index (χ1) is 8.59. The highest BCUT2D eigenvalue weighted by molar-refractivity contribution is 5.90. The van der Waals surface area contributed by atoms with Crippen LogP contribution in [0, 0.1) is 6.92 Å². The van der Waals surface area contributed by atoms with E-state index in [0.717, 1.165) is 17.1 Å². The van der Waals surface area contributed by atoms with Gasteiger partial charge in [-0.2, -0.15) is 0 Å². The van der Waals surface area contributed by atoms with Gasteiger partial charge in [-0.15, -0.1) is 0 Å². The van der Waals surface area contributed by atoms with Crippen molar-refractivity contribution < 1.29 is 9.90 Å². The van der Waals surface area contributed by atoms with E-state index in [-0.39, 0.29) is 0 Å². The average Bonchev–Trinajstić information content (AvgIpc) is 2.38. The highest BCUT2D eigenvalue weighted by atomic mass is 16.4. The molecule has 1 N–H and O–H groups in total. The fourth-order valence-corrected chi connectivity index (χ4v) is 1.78. The number of carboxylic acids is 1. The summed E-state index contributed by atoms with van der Waals surface area (Å²) in [4.78, 5) is 17.1. The quantitative estimate of drug-likeness (QED) is 0.899. The molecule has 1 aromatic carbocycles. The third-order valence-corrected chi connectivity index (χ3v) is 2.82. The summed E-state index contributed by atoms with van der Waals surface area (Å²) >= 11 is 0. The summed E-state index contributed by atoms with van der Waals surface area (Å²) in [6.45, 7) is 1.79. The van der Waals surface area contributed by atoms with Gasteiger partial charge in [-0.05, 0) is 42.8 Å². The van der Waals surface area contributed by atoms with Gasteiger partial charge in [0.1, 0.15) is 5.82 Å². The van der Waals surface area contributed by atoms with E-state index in [1.807, 2.05) is 36.2 Å². The maximum Gasteiger partial charge on any atom is 0.335 e. The Labute approximate surface area is 106 Å². The van der Waals surface area contributed by atoms with Crippen LogP contribution in [-0.2, 0) is 0 Å². The second-order valence-corrected chi connectivity index (χ2v) is 4.05. The van der Waals surface area contributed by atoms with E-state index in [9.17, 15) is 4.79 Å². The largest absolute Gasteiger partial charge is 0.478 e. The molecule has 0 fully saturated rings. The minimum absolute atomic E-state index is 0.327. The molecule has 0 bridgehead atoms. The summed E-state index contributed by atoms with van der Waals surface area (Å²) in [5.74, 6) is -0.0838. The highest BCUT2D eigenvalue weighted by Crippen LogP contribution is 2.23. The van der Waals surface area contributed by atoms with Crippen molar-refractivity contribution in [1.82, 2.24) is 4.98 Å². The molecular weight excluding hydrogens is 228 g/mol. The number of pyridine rings is 1. The second-order valence-electron chi connectivity index (χ2n) is 4.05. The van der Waals surface area contributed by atoms with Crippen LogP contribution in [0.25, 0.3) is 0 Å². The van der Waals surface area contributed by atoms with Crippen LogP contribution in [0.4, 0.5) is 11.5 Å².